The maximum Gasteiger partial charge on any atom is 0.342 e. The number of ether oxygens (including phenoxy) is 1. The smallest absolute Gasteiger partial charge is 0.342 e. The molecule has 2 aromatic rings. The minimum atomic E-state index is -0.754. The van der Waals surface area contributed by atoms with Crippen LogP contribution in [0, 0.1) is 0 Å². The van der Waals surface area contributed by atoms with Gasteiger partial charge in [0.15, 0.2) is 6.61 Å². The van der Waals surface area contributed by atoms with E-state index in [1.54, 1.807) is 4.90 Å². The molecule has 0 bridgehead atoms. The molecule has 7 heteroatoms. The second-order valence-corrected chi connectivity index (χ2v) is 6.38. The molecule has 2 aromatic carbocycles. The normalized spacial score (nSPS) is 14.2. The van der Waals surface area contributed by atoms with Gasteiger partial charge >= 0.3 is 5.97 Å². The second kappa shape index (κ2) is 8.10. The van der Waals surface area contributed by atoms with Crippen LogP contribution in [0.15, 0.2) is 48.5 Å². The molecule has 3 rings (SSSR count). The molecule has 136 valence electrons. The Morgan fingerprint density at radius 1 is 1.04 bits per heavy atom. The Kier molecular flexibility index (Phi) is 5.63. The number of phenolic OH excluding ortho intramolecular Hbond substituents is 1. The quantitative estimate of drug-likeness (QED) is 0.833. The molecule has 0 atom stereocenters. The maximum atomic E-state index is 12.3. The van der Waals surface area contributed by atoms with Gasteiger partial charge in [0.2, 0.25) is 0 Å². The lowest BCUT2D eigenvalue weighted by Gasteiger charge is -2.36. The number of phenols is 1. The van der Waals surface area contributed by atoms with Crippen LogP contribution in [-0.2, 0) is 9.53 Å². The first-order valence-electron chi connectivity index (χ1n) is 8.28. The first kappa shape index (κ1) is 18.1. The highest BCUT2D eigenvalue weighted by molar-refractivity contribution is 6.30. The number of carbonyl (C=O) groups is 2. The van der Waals surface area contributed by atoms with Gasteiger partial charge in [0.25, 0.3) is 5.91 Å². The highest BCUT2D eigenvalue weighted by Gasteiger charge is 2.23. The van der Waals surface area contributed by atoms with Crippen LogP contribution >= 0.6 is 11.6 Å². The predicted molar refractivity (Wildman–Crippen MR) is 98.6 cm³/mol. The topological polar surface area (TPSA) is 70.1 Å². The molecule has 1 saturated heterocycles. The van der Waals surface area contributed by atoms with Crippen molar-refractivity contribution in [2.45, 2.75) is 0 Å². The lowest BCUT2D eigenvalue weighted by Crippen LogP contribution is -2.49. The number of hydrogen-bond acceptors (Lipinski definition) is 5. The van der Waals surface area contributed by atoms with Crippen molar-refractivity contribution in [2.75, 3.05) is 37.7 Å². The van der Waals surface area contributed by atoms with Crippen LogP contribution in [0.25, 0.3) is 0 Å². The number of rotatable bonds is 4. The molecule has 1 aliphatic rings. The lowest BCUT2D eigenvalue weighted by atomic mass is 10.2. The van der Waals surface area contributed by atoms with Crippen molar-refractivity contribution in [3.8, 4) is 5.75 Å². The van der Waals surface area contributed by atoms with Crippen LogP contribution in [0.5, 0.6) is 5.75 Å². The third-order valence-electron chi connectivity index (χ3n) is 4.26. The molecule has 1 fully saturated rings. The minimum absolute atomic E-state index is 0.0175. The van der Waals surface area contributed by atoms with Gasteiger partial charge in [-0.1, -0.05) is 29.8 Å². The summed E-state index contributed by atoms with van der Waals surface area (Å²) in [6.07, 6.45) is 0. The number of carbonyl (C=O) groups excluding carboxylic acids is 2. The third-order valence-corrected chi connectivity index (χ3v) is 4.50. The first-order chi connectivity index (χ1) is 12.5. The summed E-state index contributed by atoms with van der Waals surface area (Å²) in [6, 6.07) is 14.1. The Labute approximate surface area is 156 Å². The summed E-state index contributed by atoms with van der Waals surface area (Å²) in [5.41, 5.74) is 1.11. The first-order valence-corrected chi connectivity index (χ1v) is 8.66. The van der Waals surface area contributed by atoms with E-state index in [2.05, 4.69) is 4.90 Å². The van der Waals surface area contributed by atoms with Crippen molar-refractivity contribution in [1.29, 1.82) is 0 Å². The van der Waals surface area contributed by atoms with E-state index in [9.17, 15) is 14.7 Å². The van der Waals surface area contributed by atoms with Crippen molar-refractivity contribution < 1.29 is 19.4 Å². The summed E-state index contributed by atoms with van der Waals surface area (Å²) in [6.45, 7) is 2.23. The van der Waals surface area contributed by atoms with E-state index in [-0.39, 0.29) is 23.8 Å². The highest BCUT2D eigenvalue weighted by atomic mass is 35.5. The number of para-hydroxylation sites is 1. The van der Waals surface area contributed by atoms with Crippen LogP contribution < -0.4 is 4.90 Å². The van der Waals surface area contributed by atoms with E-state index in [1.807, 2.05) is 30.3 Å². The van der Waals surface area contributed by atoms with Crippen molar-refractivity contribution in [2.24, 2.45) is 0 Å². The second-order valence-electron chi connectivity index (χ2n) is 5.94. The molecule has 0 saturated carbocycles. The van der Waals surface area contributed by atoms with Gasteiger partial charge in [-0.2, -0.15) is 0 Å². The van der Waals surface area contributed by atoms with Crippen molar-refractivity contribution >= 4 is 29.2 Å². The Bertz CT molecular complexity index is 789. The Hall–Kier alpha value is -2.73. The molecule has 0 aromatic heterocycles. The number of nitrogens with zero attached hydrogens (tertiary/aromatic N) is 2. The van der Waals surface area contributed by atoms with Gasteiger partial charge in [-0.3, -0.25) is 4.79 Å². The van der Waals surface area contributed by atoms with E-state index >= 15 is 0 Å². The number of benzene rings is 2. The number of aromatic hydroxyl groups is 1. The monoisotopic (exact) mass is 374 g/mol. The molecular weight excluding hydrogens is 356 g/mol. The molecule has 0 aliphatic carbocycles. The average Bonchev–Trinajstić information content (AvgIpc) is 2.66. The van der Waals surface area contributed by atoms with Crippen molar-refractivity contribution in [1.82, 2.24) is 4.90 Å². The summed E-state index contributed by atoms with van der Waals surface area (Å²) >= 11 is 5.73. The standard InChI is InChI=1S/C19H19ClN2O4/c20-14-6-7-16(17(23)12-14)19(25)26-13-18(24)22-10-8-21(9-11-22)15-4-2-1-3-5-15/h1-7,12,23H,8-11,13H2. The van der Waals surface area contributed by atoms with Gasteiger partial charge in [0.1, 0.15) is 11.3 Å². The minimum Gasteiger partial charge on any atom is -0.507 e. The number of esters is 1. The highest BCUT2D eigenvalue weighted by Crippen LogP contribution is 2.22. The number of hydrogen-bond donors (Lipinski definition) is 1. The maximum absolute atomic E-state index is 12.3. The van der Waals surface area contributed by atoms with Crippen LogP contribution in [0.1, 0.15) is 10.4 Å². The molecule has 0 spiro atoms. The van der Waals surface area contributed by atoms with Crippen molar-refractivity contribution in [3.05, 3.63) is 59.1 Å². The number of halogens is 1. The Morgan fingerprint density at radius 2 is 1.73 bits per heavy atom. The molecule has 26 heavy (non-hydrogen) atoms. The average molecular weight is 375 g/mol. The number of anilines is 1. The molecule has 1 N–H and O–H groups in total. The number of amides is 1. The van der Waals surface area contributed by atoms with Gasteiger partial charge in [0.05, 0.1) is 0 Å². The fraction of sp³-hybridized carbons (Fsp3) is 0.263. The fourth-order valence-corrected chi connectivity index (χ4v) is 2.99. The summed E-state index contributed by atoms with van der Waals surface area (Å²) in [5.74, 6) is -1.28. The zero-order chi connectivity index (χ0) is 18.5. The molecule has 0 radical (unpaired) electrons. The Balaban J connectivity index is 1.49. The van der Waals surface area contributed by atoms with E-state index in [0.717, 1.165) is 18.8 Å². The van der Waals surface area contributed by atoms with Crippen molar-refractivity contribution in [3.63, 3.8) is 0 Å². The summed E-state index contributed by atoms with van der Waals surface area (Å²) in [4.78, 5) is 28.1. The molecule has 1 heterocycles. The third kappa shape index (κ3) is 4.26. The molecular formula is C19H19ClN2O4. The van der Waals surface area contributed by atoms with Gasteiger partial charge in [-0.15, -0.1) is 0 Å². The largest absolute Gasteiger partial charge is 0.507 e. The SMILES string of the molecule is O=C(OCC(=O)N1CCN(c2ccccc2)CC1)c1ccc(Cl)cc1O. The zero-order valence-electron chi connectivity index (χ0n) is 14.1. The van der Waals surface area contributed by atoms with Crippen LogP contribution in [0.4, 0.5) is 5.69 Å². The lowest BCUT2D eigenvalue weighted by molar-refractivity contribution is -0.134. The summed E-state index contributed by atoms with van der Waals surface area (Å²) in [7, 11) is 0. The van der Waals surface area contributed by atoms with E-state index in [0.29, 0.717) is 18.1 Å². The number of piperazine rings is 1. The molecule has 1 amide bonds. The predicted octanol–water partition coefficient (Wildman–Crippen LogP) is 2.55. The molecule has 0 unspecified atom stereocenters. The van der Waals surface area contributed by atoms with Gasteiger partial charge in [0, 0.05) is 36.9 Å². The fourth-order valence-electron chi connectivity index (χ4n) is 2.83. The zero-order valence-corrected chi connectivity index (χ0v) is 14.9. The Morgan fingerprint density at radius 3 is 2.38 bits per heavy atom. The van der Waals surface area contributed by atoms with Crippen LogP contribution in [0.3, 0.4) is 0 Å². The van der Waals surface area contributed by atoms with E-state index in [1.165, 1.54) is 18.2 Å². The van der Waals surface area contributed by atoms with Gasteiger partial charge in [-0.05, 0) is 30.3 Å². The van der Waals surface area contributed by atoms with Gasteiger partial charge < -0.3 is 19.6 Å². The van der Waals surface area contributed by atoms with E-state index in [4.69, 9.17) is 16.3 Å². The van der Waals surface area contributed by atoms with Gasteiger partial charge in [-0.25, -0.2) is 4.79 Å². The summed E-state index contributed by atoms with van der Waals surface area (Å²) in [5, 5.41) is 10.0. The van der Waals surface area contributed by atoms with Crippen LogP contribution in [0.2, 0.25) is 5.02 Å². The summed E-state index contributed by atoms with van der Waals surface area (Å²) < 4.78 is 5.03. The van der Waals surface area contributed by atoms with E-state index < -0.39 is 5.97 Å². The molecule has 6 nitrogen and oxygen atoms in total. The van der Waals surface area contributed by atoms with Crippen LogP contribution in [-0.4, -0.2) is 54.7 Å². The molecule has 1 aliphatic heterocycles.